The van der Waals surface area contributed by atoms with Crippen LogP contribution in [-0.2, 0) is 16.0 Å². The third kappa shape index (κ3) is 3.81. The molecular weight excluding hydrogens is 300 g/mol. The molecule has 0 bridgehead atoms. The summed E-state index contributed by atoms with van der Waals surface area (Å²) in [4.78, 5) is 17.7. The van der Waals surface area contributed by atoms with Gasteiger partial charge in [0.1, 0.15) is 0 Å². The fourth-order valence-corrected chi connectivity index (χ4v) is 3.96. The van der Waals surface area contributed by atoms with Crippen LogP contribution < -0.4 is 0 Å². The van der Waals surface area contributed by atoms with Crippen molar-refractivity contribution < 1.29 is 9.53 Å². The Hall–Kier alpha value is -1.39. The van der Waals surface area contributed by atoms with Crippen molar-refractivity contribution in [3.63, 3.8) is 0 Å². The highest BCUT2D eigenvalue weighted by Gasteiger charge is 2.45. The normalized spacial score (nSPS) is 27.8. The van der Waals surface area contributed by atoms with E-state index in [1.807, 2.05) is 6.07 Å². The van der Waals surface area contributed by atoms with Gasteiger partial charge in [-0.25, -0.2) is 0 Å². The average Bonchev–Trinajstić information content (AvgIpc) is 3.00. The first-order chi connectivity index (χ1) is 11.6. The lowest BCUT2D eigenvalue weighted by Gasteiger charge is -2.43. The van der Waals surface area contributed by atoms with Gasteiger partial charge in [0.2, 0.25) is 5.91 Å². The number of nitrogens with zero attached hydrogens (tertiary/aromatic N) is 2. The maximum absolute atomic E-state index is 13.2. The first kappa shape index (κ1) is 17.4. The number of amides is 1. The number of carbonyl (C=O) groups excluding carboxylic acids is 1. The zero-order chi connectivity index (χ0) is 17.1. The molecule has 2 fully saturated rings. The standard InChI is InChI=1S/C20H30N2O2/c1-15(2)9-10-21-13-17-12-18(24-3)14-22(17)20(23)19(21)11-16-7-5-4-6-8-16/h4-8,15,17-19H,9-14H2,1-3H3/t17-,18-,19-/m0/s1. The summed E-state index contributed by atoms with van der Waals surface area (Å²) >= 11 is 0. The molecule has 0 N–H and O–H groups in total. The maximum atomic E-state index is 13.2. The number of benzene rings is 1. The van der Waals surface area contributed by atoms with Crippen molar-refractivity contribution in [3.8, 4) is 0 Å². The summed E-state index contributed by atoms with van der Waals surface area (Å²) in [6.07, 6.45) is 3.11. The van der Waals surface area contributed by atoms with E-state index < -0.39 is 0 Å². The SMILES string of the molecule is CO[C@H]1C[C@H]2CN(CCC(C)C)[C@@H](Cc3ccccc3)C(=O)N2C1. The van der Waals surface area contributed by atoms with Crippen molar-refractivity contribution in [3.05, 3.63) is 35.9 Å². The minimum absolute atomic E-state index is 0.0296. The molecule has 0 radical (unpaired) electrons. The summed E-state index contributed by atoms with van der Waals surface area (Å²) in [5, 5.41) is 0. The van der Waals surface area contributed by atoms with E-state index >= 15 is 0 Å². The first-order valence-corrected chi connectivity index (χ1v) is 9.19. The van der Waals surface area contributed by atoms with Gasteiger partial charge in [-0.1, -0.05) is 44.2 Å². The second-order valence-electron chi connectivity index (χ2n) is 7.62. The molecular formula is C20H30N2O2. The zero-order valence-corrected chi connectivity index (χ0v) is 15.1. The van der Waals surface area contributed by atoms with Gasteiger partial charge in [0, 0.05) is 26.2 Å². The van der Waals surface area contributed by atoms with E-state index in [1.165, 1.54) is 5.56 Å². The molecule has 4 heteroatoms. The molecule has 2 aliphatic heterocycles. The summed E-state index contributed by atoms with van der Waals surface area (Å²) in [7, 11) is 1.76. The molecule has 1 aromatic carbocycles. The Morgan fingerprint density at radius 2 is 1.96 bits per heavy atom. The quantitative estimate of drug-likeness (QED) is 0.804. The number of rotatable bonds is 6. The molecule has 0 saturated carbocycles. The predicted octanol–water partition coefficient (Wildman–Crippen LogP) is 2.58. The van der Waals surface area contributed by atoms with Crippen molar-refractivity contribution in [2.24, 2.45) is 5.92 Å². The Morgan fingerprint density at radius 3 is 2.62 bits per heavy atom. The Balaban J connectivity index is 1.77. The lowest BCUT2D eigenvalue weighted by atomic mass is 9.98. The summed E-state index contributed by atoms with van der Waals surface area (Å²) in [6.45, 7) is 7.24. The van der Waals surface area contributed by atoms with E-state index in [2.05, 4.69) is 47.9 Å². The van der Waals surface area contributed by atoms with Gasteiger partial charge in [-0.15, -0.1) is 0 Å². The molecule has 2 heterocycles. The highest BCUT2D eigenvalue weighted by molar-refractivity contribution is 5.83. The van der Waals surface area contributed by atoms with Crippen LogP contribution in [0.3, 0.4) is 0 Å². The average molecular weight is 330 g/mol. The largest absolute Gasteiger partial charge is 0.380 e. The number of carbonyl (C=O) groups is 1. The van der Waals surface area contributed by atoms with Gasteiger partial charge in [-0.2, -0.15) is 0 Å². The van der Waals surface area contributed by atoms with Crippen LogP contribution in [0.2, 0.25) is 0 Å². The number of hydrogen-bond donors (Lipinski definition) is 0. The van der Waals surface area contributed by atoms with Gasteiger partial charge in [0.15, 0.2) is 0 Å². The predicted molar refractivity (Wildman–Crippen MR) is 95.9 cm³/mol. The third-order valence-corrected chi connectivity index (χ3v) is 5.43. The van der Waals surface area contributed by atoms with Gasteiger partial charge in [0.05, 0.1) is 12.1 Å². The number of hydrogen-bond acceptors (Lipinski definition) is 3. The number of fused-ring (bicyclic) bond motifs is 1. The van der Waals surface area contributed by atoms with Gasteiger partial charge in [-0.05, 0) is 37.3 Å². The zero-order valence-electron chi connectivity index (χ0n) is 15.1. The molecule has 4 nitrogen and oxygen atoms in total. The van der Waals surface area contributed by atoms with Gasteiger partial charge >= 0.3 is 0 Å². The molecule has 132 valence electrons. The molecule has 2 aliphatic rings. The van der Waals surface area contributed by atoms with Crippen molar-refractivity contribution in [2.75, 3.05) is 26.7 Å². The van der Waals surface area contributed by atoms with Crippen LogP contribution in [-0.4, -0.2) is 60.6 Å². The Kier molecular flexibility index (Phi) is 5.57. The van der Waals surface area contributed by atoms with Gasteiger partial charge in [0.25, 0.3) is 0 Å². The molecule has 2 saturated heterocycles. The summed E-state index contributed by atoms with van der Waals surface area (Å²) in [5.74, 6) is 0.948. The number of methoxy groups -OCH3 is 1. The summed E-state index contributed by atoms with van der Waals surface area (Å²) < 4.78 is 5.53. The lowest BCUT2D eigenvalue weighted by molar-refractivity contribution is -0.144. The van der Waals surface area contributed by atoms with E-state index in [1.54, 1.807) is 7.11 Å². The molecule has 0 aliphatic carbocycles. The molecule has 0 spiro atoms. The molecule has 3 atom stereocenters. The second kappa shape index (κ2) is 7.66. The van der Waals surface area contributed by atoms with Crippen molar-refractivity contribution in [2.45, 2.75) is 51.3 Å². The van der Waals surface area contributed by atoms with Crippen molar-refractivity contribution >= 4 is 5.91 Å². The van der Waals surface area contributed by atoms with Crippen LogP contribution in [0, 0.1) is 5.92 Å². The highest BCUT2D eigenvalue weighted by Crippen LogP contribution is 2.29. The van der Waals surface area contributed by atoms with Crippen LogP contribution >= 0.6 is 0 Å². The number of piperazine rings is 1. The van der Waals surface area contributed by atoms with E-state index in [4.69, 9.17) is 4.74 Å². The van der Waals surface area contributed by atoms with Crippen LogP contribution in [0.25, 0.3) is 0 Å². The van der Waals surface area contributed by atoms with Crippen LogP contribution in [0.5, 0.6) is 0 Å². The monoisotopic (exact) mass is 330 g/mol. The molecule has 3 rings (SSSR count). The van der Waals surface area contributed by atoms with E-state index in [9.17, 15) is 4.79 Å². The van der Waals surface area contributed by atoms with E-state index in [0.717, 1.165) is 38.9 Å². The minimum Gasteiger partial charge on any atom is -0.380 e. The third-order valence-electron chi connectivity index (χ3n) is 5.43. The van der Waals surface area contributed by atoms with Crippen molar-refractivity contribution in [1.82, 2.24) is 9.80 Å². The van der Waals surface area contributed by atoms with Crippen LogP contribution in [0.15, 0.2) is 30.3 Å². The minimum atomic E-state index is -0.0296. The second-order valence-corrected chi connectivity index (χ2v) is 7.62. The summed E-state index contributed by atoms with van der Waals surface area (Å²) in [5.41, 5.74) is 1.24. The van der Waals surface area contributed by atoms with Crippen LogP contribution in [0.1, 0.15) is 32.3 Å². The smallest absolute Gasteiger partial charge is 0.240 e. The van der Waals surface area contributed by atoms with Gasteiger partial charge < -0.3 is 9.64 Å². The molecule has 24 heavy (non-hydrogen) atoms. The molecule has 1 amide bonds. The Morgan fingerprint density at radius 1 is 1.21 bits per heavy atom. The molecule has 0 aromatic heterocycles. The lowest BCUT2D eigenvalue weighted by Crippen LogP contribution is -2.60. The summed E-state index contributed by atoms with van der Waals surface area (Å²) in [6, 6.07) is 10.7. The van der Waals surface area contributed by atoms with Crippen molar-refractivity contribution in [1.29, 1.82) is 0 Å². The molecule has 1 aromatic rings. The van der Waals surface area contributed by atoms with Crippen LogP contribution in [0.4, 0.5) is 0 Å². The Labute approximate surface area is 145 Å². The highest BCUT2D eigenvalue weighted by atomic mass is 16.5. The van der Waals surface area contributed by atoms with E-state index in [0.29, 0.717) is 17.9 Å². The number of ether oxygens (including phenoxy) is 1. The van der Waals surface area contributed by atoms with Gasteiger partial charge in [-0.3, -0.25) is 9.69 Å². The first-order valence-electron chi connectivity index (χ1n) is 9.19. The fraction of sp³-hybridized carbons (Fsp3) is 0.650. The Bertz CT molecular complexity index is 546. The fourth-order valence-electron chi connectivity index (χ4n) is 3.96. The topological polar surface area (TPSA) is 32.8 Å². The maximum Gasteiger partial charge on any atom is 0.240 e. The van der Waals surface area contributed by atoms with E-state index in [-0.39, 0.29) is 12.1 Å². The molecule has 0 unspecified atom stereocenters.